The normalized spacial score (nSPS) is 16.2. The molecule has 2 N–H and O–H groups in total. The lowest BCUT2D eigenvalue weighted by molar-refractivity contribution is 0.0945. The number of amides is 1. The van der Waals surface area contributed by atoms with Crippen LogP contribution in [0, 0.1) is 11.7 Å². The first kappa shape index (κ1) is 19.4. The minimum absolute atomic E-state index is 0.136. The molecule has 1 fully saturated rings. The van der Waals surface area contributed by atoms with E-state index in [1.54, 1.807) is 6.07 Å². The minimum atomic E-state index is -0.488. The molecule has 0 aliphatic carbocycles. The van der Waals surface area contributed by atoms with Crippen molar-refractivity contribution in [3.05, 3.63) is 52.4 Å². The highest BCUT2D eigenvalue weighted by Crippen LogP contribution is 2.25. The van der Waals surface area contributed by atoms with E-state index in [1.165, 1.54) is 31.5 Å². The lowest BCUT2D eigenvalue weighted by Crippen LogP contribution is -2.25. The third kappa shape index (κ3) is 4.87. The summed E-state index contributed by atoms with van der Waals surface area (Å²) in [5.41, 5.74) is 0.778. The Balaban J connectivity index is 1.67. The number of rotatable bonds is 7. The van der Waals surface area contributed by atoms with Gasteiger partial charge in [0, 0.05) is 25.2 Å². The SMILES string of the molecule is COc1ccc(CNC(=O)c2c(Cl)ccnc2OCC2CCNC2)cc1F. The molecule has 6 nitrogen and oxygen atoms in total. The predicted octanol–water partition coefficient (Wildman–Crippen LogP) is 2.80. The lowest BCUT2D eigenvalue weighted by atomic mass is 10.1. The number of carbonyl (C=O) groups is 1. The van der Waals surface area contributed by atoms with Crippen LogP contribution in [0.5, 0.6) is 11.6 Å². The molecule has 1 saturated heterocycles. The van der Waals surface area contributed by atoms with E-state index in [4.69, 9.17) is 21.1 Å². The molecule has 0 bridgehead atoms. The van der Waals surface area contributed by atoms with Gasteiger partial charge in [-0.15, -0.1) is 0 Å². The molecule has 2 aromatic rings. The summed E-state index contributed by atoms with van der Waals surface area (Å²) in [5.74, 6) is -0.184. The fourth-order valence-corrected chi connectivity index (χ4v) is 3.10. The maximum absolute atomic E-state index is 13.8. The minimum Gasteiger partial charge on any atom is -0.494 e. The second-order valence-electron chi connectivity index (χ2n) is 6.29. The van der Waals surface area contributed by atoms with Gasteiger partial charge in [-0.2, -0.15) is 0 Å². The number of hydrogen-bond acceptors (Lipinski definition) is 5. The molecule has 0 saturated carbocycles. The van der Waals surface area contributed by atoms with E-state index in [9.17, 15) is 9.18 Å². The van der Waals surface area contributed by atoms with Crippen LogP contribution >= 0.6 is 11.6 Å². The summed E-state index contributed by atoms with van der Waals surface area (Å²) in [7, 11) is 1.40. The standard InChI is InChI=1S/C19H21ClFN3O3/c1-26-16-3-2-12(8-15(16)21)10-24-18(25)17-14(20)5-7-23-19(17)27-11-13-4-6-22-9-13/h2-3,5,7-8,13,22H,4,6,9-11H2,1H3,(H,24,25). The van der Waals surface area contributed by atoms with E-state index >= 15 is 0 Å². The fraction of sp³-hybridized carbons (Fsp3) is 0.368. The van der Waals surface area contributed by atoms with Crippen LogP contribution in [0.3, 0.4) is 0 Å². The Bertz CT molecular complexity index is 813. The van der Waals surface area contributed by atoms with Gasteiger partial charge in [0.2, 0.25) is 5.88 Å². The highest BCUT2D eigenvalue weighted by molar-refractivity contribution is 6.34. The molecule has 1 aliphatic heterocycles. The van der Waals surface area contributed by atoms with Crippen molar-refractivity contribution < 1.29 is 18.7 Å². The summed E-state index contributed by atoms with van der Waals surface area (Å²) in [4.78, 5) is 16.8. The third-order valence-corrected chi connectivity index (χ3v) is 4.69. The van der Waals surface area contributed by atoms with Crippen LogP contribution in [-0.2, 0) is 6.54 Å². The van der Waals surface area contributed by atoms with Gasteiger partial charge in [0.1, 0.15) is 5.56 Å². The van der Waals surface area contributed by atoms with Crippen LogP contribution < -0.4 is 20.1 Å². The topological polar surface area (TPSA) is 72.5 Å². The van der Waals surface area contributed by atoms with Gasteiger partial charge in [-0.3, -0.25) is 4.79 Å². The Labute approximate surface area is 162 Å². The van der Waals surface area contributed by atoms with Crippen LogP contribution in [0.2, 0.25) is 5.02 Å². The Morgan fingerprint density at radius 1 is 1.44 bits per heavy atom. The molecule has 1 aliphatic rings. The Morgan fingerprint density at radius 3 is 3.00 bits per heavy atom. The van der Waals surface area contributed by atoms with Crippen molar-refractivity contribution in [2.24, 2.45) is 5.92 Å². The van der Waals surface area contributed by atoms with E-state index in [0.29, 0.717) is 18.1 Å². The van der Waals surface area contributed by atoms with Gasteiger partial charge in [0.15, 0.2) is 11.6 Å². The van der Waals surface area contributed by atoms with Crippen molar-refractivity contribution in [2.45, 2.75) is 13.0 Å². The summed E-state index contributed by atoms with van der Waals surface area (Å²) < 4.78 is 24.4. The van der Waals surface area contributed by atoms with E-state index in [1.807, 2.05) is 0 Å². The van der Waals surface area contributed by atoms with Crippen molar-refractivity contribution in [1.29, 1.82) is 0 Å². The van der Waals surface area contributed by atoms with Crippen molar-refractivity contribution in [1.82, 2.24) is 15.6 Å². The summed E-state index contributed by atoms with van der Waals surface area (Å²) in [6.07, 6.45) is 2.52. The lowest BCUT2D eigenvalue weighted by Gasteiger charge is -2.14. The van der Waals surface area contributed by atoms with Crippen molar-refractivity contribution in [3.63, 3.8) is 0 Å². The molecular weight excluding hydrogens is 373 g/mol. The highest BCUT2D eigenvalue weighted by atomic mass is 35.5. The number of aromatic nitrogens is 1. The first-order valence-corrected chi connectivity index (χ1v) is 9.05. The molecule has 1 atom stereocenters. The molecule has 27 heavy (non-hydrogen) atoms. The van der Waals surface area contributed by atoms with Crippen molar-refractivity contribution in [3.8, 4) is 11.6 Å². The van der Waals surface area contributed by atoms with Gasteiger partial charge in [-0.05, 0) is 36.7 Å². The highest BCUT2D eigenvalue weighted by Gasteiger charge is 2.21. The number of halogens is 2. The van der Waals surface area contributed by atoms with Crippen LogP contribution in [0.1, 0.15) is 22.3 Å². The zero-order chi connectivity index (χ0) is 19.2. The molecule has 1 aromatic carbocycles. The Hall–Kier alpha value is -2.38. The number of hydrogen-bond donors (Lipinski definition) is 2. The van der Waals surface area contributed by atoms with Crippen molar-refractivity contribution in [2.75, 3.05) is 26.8 Å². The first-order chi connectivity index (χ1) is 13.1. The number of carbonyl (C=O) groups excluding carboxylic acids is 1. The van der Waals surface area contributed by atoms with E-state index in [0.717, 1.165) is 19.5 Å². The quantitative estimate of drug-likeness (QED) is 0.756. The maximum atomic E-state index is 13.8. The van der Waals surface area contributed by atoms with E-state index in [2.05, 4.69) is 15.6 Å². The fourth-order valence-electron chi connectivity index (χ4n) is 2.88. The van der Waals surface area contributed by atoms with Crippen molar-refractivity contribution >= 4 is 17.5 Å². The largest absolute Gasteiger partial charge is 0.494 e. The summed E-state index contributed by atoms with van der Waals surface area (Å²) >= 11 is 6.20. The maximum Gasteiger partial charge on any atom is 0.258 e. The first-order valence-electron chi connectivity index (χ1n) is 8.67. The molecule has 0 spiro atoms. The number of nitrogens with one attached hydrogen (secondary N) is 2. The van der Waals surface area contributed by atoms with Gasteiger partial charge in [-0.25, -0.2) is 9.37 Å². The molecule has 144 valence electrons. The Morgan fingerprint density at radius 2 is 2.30 bits per heavy atom. The molecule has 1 amide bonds. The number of benzene rings is 1. The second-order valence-corrected chi connectivity index (χ2v) is 6.70. The molecule has 0 radical (unpaired) electrons. The molecule has 2 heterocycles. The predicted molar refractivity (Wildman–Crippen MR) is 99.8 cm³/mol. The molecule has 8 heteroatoms. The number of pyridine rings is 1. The van der Waals surface area contributed by atoms with Crippen LogP contribution in [0.4, 0.5) is 4.39 Å². The van der Waals surface area contributed by atoms with Gasteiger partial charge in [0.25, 0.3) is 5.91 Å². The zero-order valence-corrected chi connectivity index (χ0v) is 15.7. The van der Waals surface area contributed by atoms with E-state index in [-0.39, 0.29) is 28.8 Å². The Kier molecular flexibility index (Phi) is 6.47. The van der Waals surface area contributed by atoms with Gasteiger partial charge in [-0.1, -0.05) is 17.7 Å². The number of ether oxygens (including phenoxy) is 2. The molecule has 1 unspecified atom stereocenters. The van der Waals surface area contributed by atoms with Gasteiger partial charge < -0.3 is 20.1 Å². The monoisotopic (exact) mass is 393 g/mol. The summed E-state index contributed by atoms with van der Waals surface area (Å²) in [6, 6.07) is 6.04. The zero-order valence-electron chi connectivity index (χ0n) is 14.9. The van der Waals surface area contributed by atoms with Gasteiger partial charge >= 0.3 is 0 Å². The van der Waals surface area contributed by atoms with E-state index < -0.39 is 11.7 Å². The summed E-state index contributed by atoms with van der Waals surface area (Å²) in [6.45, 7) is 2.44. The average Bonchev–Trinajstić information content (AvgIpc) is 3.18. The smallest absolute Gasteiger partial charge is 0.258 e. The second kappa shape index (κ2) is 9.01. The molecule has 1 aromatic heterocycles. The molecular formula is C19H21ClFN3O3. The third-order valence-electron chi connectivity index (χ3n) is 4.38. The molecule has 3 rings (SSSR count). The van der Waals surface area contributed by atoms with Crippen LogP contribution in [-0.4, -0.2) is 37.7 Å². The van der Waals surface area contributed by atoms with Crippen LogP contribution in [0.15, 0.2) is 30.5 Å². The number of methoxy groups -OCH3 is 1. The van der Waals surface area contributed by atoms with Gasteiger partial charge in [0.05, 0.1) is 18.7 Å². The average molecular weight is 394 g/mol. The number of nitrogens with zero attached hydrogens (tertiary/aromatic N) is 1. The van der Waals surface area contributed by atoms with Crippen LogP contribution in [0.25, 0.3) is 0 Å². The summed E-state index contributed by atoms with van der Waals surface area (Å²) in [5, 5.41) is 6.24.